The Bertz CT molecular complexity index is 1500. The first-order chi connectivity index (χ1) is 15.7. The first-order valence-electron chi connectivity index (χ1n) is 10.2. The number of imidazole rings is 1. The molecule has 0 radical (unpaired) electrons. The van der Waals surface area contributed by atoms with E-state index in [1.807, 2.05) is 12.1 Å². The molecule has 9 heteroatoms. The fourth-order valence-electron chi connectivity index (χ4n) is 4.08. The molecule has 0 fully saturated rings. The molecule has 0 aliphatic carbocycles. The Morgan fingerprint density at radius 2 is 1.94 bits per heavy atom. The van der Waals surface area contributed by atoms with Crippen LogP contribution in [0, 0.1) is 5.82 Å². The zero-order valence-electron chi connectivity index (χ0n) is 16.9. The average molecular weight is 427 g/mol. The van der Waals surface area contributed by atoms with Crippen molar-refractivity contribution in [1.82, 2.24) is 35.5 Å². The summed E-state index contributed by atoms with van der Waals surface area (Å²) in [5.74, 6) is -0.157. The van der Waals surface area contributed by atoms with Crippen molar-refractivity contribution < 1.29 is 9.50 Å². The number of halogens is 1. The number of phenolic OH excluding ortho intramolecular Hbond substituents is 1. The summed E-state index contributed by atoms with van der Waals surface area (Å²) >= 11 is 0. The number of phenols is 1. The molecule has 0 unspecified atom stereocenters. The highest BCUT2D eigenvalue weighted by molar-refractivity contribution is 5.95. The van der Waals surface area contributed by atoms with Crippen LogP contribution in [0.25, 0.3) is 50.3 Å². The molecule has 0 spiro atoms. The molecule has 0 amide bonds. The second kappa shape index (κ2) is 7.24. The predicted octanol–water partition coefficient (Wildman–Crippen LogP) is 3.78. The van der Waals surface area contributed by atoms with Crippen LogP contribution >= 0.6 is 0 Å². The van der Waals surface area contributed by atoms with Gasteiger partial charge in [-0.15, -0.1) is 0 Å². The van der Waals surface area contributed by atoms with Crippen molar-refractivity contribution in [2.24, 2.45) is 0 Å². The van der Waals surface area contributed by atoms with Crippen molar-refractivity contribution in [2.45, 2.75) is 6.42 Å². The van der Waals surface area contributed by atoms with E-state index < -0.39 is 5.82 Å². The number of fused-ring (bicyclic) bond motifs is 2. The first kappa shape index (κ1) is 18.6. The van der Waals surface area contributed by atoms with Crippen molar-refractivity contribution in [3.63, 3.8) is 0 Å². The number of pyridine rings is 2. The van der Waals surface area contributed by atoms with E-state index in [-0.39, 0.29) is 5.75 Å². The molecule has 4 aromatic heterocycles. The van der Waals surface area contributed by atoms with Crippen molar-refractivity contribution >= 4 is 27.6 Å². The van der Waals surface area contributed by atoms with E-state index in [9.17, 15) is 9.50 Å². The summed E-state index contributed by atoms with van der Waals surface area (Å²) in [5.41, 5.74) is 6.64. The van der Waals surface area contributed by atoms with E-state index in [0.717, 1.165) is 42.3 Å². The highest BCUT2D eigenvalue weighted by Crippen LogP contribution is 2.32. The van der Waals surface area contributed by atoms with Crippen LogP contribution in [-0.2, 0) is 0 Å². The second-order valence-electron chi connectivity index (χ2n) is 7.72. The molecule has 32 heavy (non-hydrogen) atoms. The third kappa shape index (κ3) is 3.10. The number of aromatic amines is 2. The SMILES string of the molecule is Oc1cc(F)cc(-c2cncc3[nH]c(-c4n[nH]c5ccc(C6=CCNCC6)nc45)nc23)c1. The molecule has 1 aromatic carbocycles. The van der Waals surface area contributed by atoms with Crippen LogP contribution in [-0.4, -0.2) is 48.3 Å². The van der Waals surface area contributed by atoms with Gasteiger partial charge in [-0.2, -0.15) is 5.10 Å². The van der Waals surface area contributed by atoms with E-state index in [2.05, 4.69) is 31.6 Å². The molecule has 4 N–H and O–H groups in total. The van der Waals surface area contributed by atoms with Crippen LogP contribution in [0.15, 0.2) is 48.8 Å². The number of hydrogen-bond donors (Lipinski definition) is 4. The van der Waals surface area contributed by atoms with Gasteiger partial charge in [-0.3, -0.25) is 10.1 Å². The molecule has 5 heterocycles. The van der Waals surface area contributed by atoms with Gasteiger partial charge in [-0.25, -0.2) is 14.4 Å². The zero-order chi connectivity index (χ0) is 21.7. The van der Waals surface area contributed by atoms with Gasteiger partial charge in [0.25, 0.3) is 0 Å². The van der Waals surface area contributed by atoms with Crippen molar-refractivity contribution in [3.8, 4) is 28.4 Å². The van der Waals surface area contributed by atoms with Crippen LogP contribution in [0.2, 0.25) is 0 Å². The number of hydrogen-bond acceptors (Lipinski definition) is 6. The van der Waals surface area contributed by atoms with E-state index in [0.29, 0.717) is 33.7 Å². The van der Waals surface area contributed by atoms with Crippen LogP contribution in [0.5, 0.6) is 5.75 Å². The number of nitrogens with zero attached hydrogens (tertiary/aromatic N) is 4. The number of rotatable bonds is 3. The summed E-state index contributed by atoms with van der Waals surface area (Å²) < 4.78 is 13.9. The monoisotopic (exact) mass is 427 g/mol. The van der Waals surface area contributed by atoms with Gasteiger partial charge in [0, 0.05) is 24.4 Å². The predicted molar refractivity (Wildman–Crippen MR) is 119 cm³/mol. The smallest absolute Gasteiger partial charge is 0.161 e. The Hall–Kier alpha value is -4.11. The molecule has 1 aliphatic rings. The van der Waals surface area contributed by atoms with Gasteiger partial charge in [0.1, 0.15) is 17.1 Å². The lowest BCUT2D eigenvalue weighted by Gasteiger charge is -2.13. The lowest BCUT2D eigenvalue weighted by molar-refractivity contribution is 0.469. The highest BCUT2D eigenvalue weighted by Gasteiger charge is 2.18. The third-order valence-electron chi connectivity index (χ3n) is 5.61. The summed E-state index contributed by atoms with van der Waals surface area (Å²) in [7, 11) is 0. The van der Waals surface area contributed by atoms with Crippen LogP contribution < -0.4 is 5.32 Å². The molecular formula is C23H18FN7O. The van der Waals surface area contributed by atoms with Crippen molar-refractivity contribution in [3.05, 3.63) is 60.3 Å². The molecule has 5 aromatic rings. The fraction of sp³-hybridized carbons (Fsp3) is 0.130. The maximum Gasteiger partial charge on any atom is 0.161 e. The molecule has 0 bridgehead atoms. The van der Waals surface area contributed by atoms with Crippen LogP contribution in [0.4, 0.5) is 4.39 Å². The Balaban J connectivity index is 1.49. The first-order valence-corrected chi connectivity index (χ1v) is 10.2. The minimum atomic E-state index is -0.532. The summed E-state index contributed by atoms with van der Waals surface area (Å²) in [6.45, 7) is 1.76. The molecule has 8 nitrogen and oxygen atoms in total. The number of H-pyrrole nitrogens is 2. The molecule has 0 saturated heterocycles. The van der Waals surface area contributed by atoms with Gasteiger partial charge in [-0.05, 0) is 48.4 Å². The number of benzene rings is 1. The maximum absolute atomic E-state index is 13.9. The van der Waals surface area contributed by atoms with Gasteiger partial charge < -0.3 is 15.4 Å². The van der Waals surface area contributed by atoms with Crippen molar-refractivity contribution in [1.29, 1.82) is 0 Å². The molecule has 0 atom stereocenters. The second-order valence-corrected chi connectivity index (χ2v) is 7.72. The molecule has 6 rings (SSSR count). The minimum absolute atomic E-state index is 0.157. The molecule has 0 saturated carbocycles. The number of aromatic hydroxyl groups is 1. The summed E-state index contributed by atoms with van der Waals surface area (Å²) in [6.07, 6.45) is 6.34. The largest absolute Gasteiger partial charge is 0.508 e. The lowest BCUT2D eigenvalue weighted by atomic mass is 10.1. The lowest BCUT2D eigenvalue weighted by Crippen LogP contribution is -2.20. The standard InChI is InChI=1S/C23H18FN7O/c24-14-7-13(8-15(32)9-14)16-10-26-11-19-20(16)29-23(28-19)22-21-18(30-31-22)2-1-17(27-21)12-3-5-25-6-4-12/h1-3,7-11,25,32H,4-6H2,(H,28,29)(H,30,31). The fourth-order valence-corrected chi connectivity index (χ4v) is 4.08. The zero-order valence-corrected chi connectivity index (χ0v) is 16.9. The summed E-state index contributed by atoms with van der Waals surface area (Å²) in [5, 5.41) is 20.6. The van der Waals surface area contributed by atoms with Gasteiger partial charge >= 0.3 is 0 Å². The van der Waals surface area contributed by atoms with Crippen LogP contribution in [0.3, 0.4) is 0 Å². The topological polar surface area (TPSA) is 115 Å². The van der Waals surface area contributed by atoms with Gasteiger partial charge in [-0.1, -0.05) is 6.08 Å². The number of aromatic nitrogens is 6. The Kier molecular flexibility index (Phi) is 4.22. The van der Waals surface area contributed by atoms with E-state index in [1.54, 1.807) is 12.4 Å². The van der Waals surface area contributed by atoms with Gasteiger partial charge in [0.2, 0.25) is 0 Å². The summed E-state index contributed by atoms with van der Waals surface area (Å²) in [6, 6.07) is 7.86. The van der Waals surface area contributed by atoms with Crippen molar-refractivity contribution in [2.75, 3.05) is 13.1 Å². The maximum atomic E-state index is 13.9. The molecular weight excluding hydrogens is 409 g/mol. The van der Waals surface area contributed by atoms with Gasteiger partial charge in [0.05, 0.1) is 28.4 Å². The Morgan fingerprint density at radius 1 is 1.00 bits per heavy atom. The van der Waals surface area contributed by atoms with Gasteiger partial charge in [0.15, 0.2) is 11.5 Å². The van der Waals surface area contributed by atoms with E-state index in [1.165, 1.54) is 17.7 Å². The highest BCUT2D eigenvalue weighted by atomic mass is 19.1. The Labute approximate surface area is 181 Å². The van der Waals surface area contributed by atoms with E-state index >= 15 is 0 Å². The molecule has 158 valence electrons. The summed E-state index contributed by atoms with van der Waals surface area (Å²) in [4.78, 5) is 17.1. The number of nitrogens with one attached hydrogen (secondary N) is 3. The Morgan fingerprint density at radius 3 is 2.78 bits per heavy atom. The van der Waals surface area contributed by atoms with Crippen LogP contribution in [0.1, 0.15) is 12.1 Å². The normalized spacial score (nSPS) is 14.2. The molecule has 1 aliphatic heterocycles. The third-order valence-corrected chi connectivity index (χ3v) is 5.61. The average Bonchev–Trinajstić information content (AvgIpc) is 3.42. The van der Waals surface area contributed by atoms with E-state index in [4.69, 9.17) is 9.97 Å². The quantitative estimate of drug-likeness (QED) is 0.348. The minimum Gasteiger partial charge on any atom is -0.508 e.